The molecule has 0 saturated heterocycles. The minimum atomic E-state index is -0.754. The Bertz CT molecular complexity index is 416. The zero-order chi connectivity index (χ0) is 13.0. The number of H-pyrrole nitrogens is 1. The molecule has 1 aliphatic rings. The van der Waals surface area contributed by atoms with Crippen molar-refractivity contribution in [1.29, 1.82) is 0 Å². The van der Waals surface area contributed by atoms with Crippen LogP contribution in [0.1, 0.15) is 36.2 Å². The summed E-state index contributed by atoms with van der Waals surface area (Å²) in [5, 5.41) is 18.2. The number of aromatic nitrogens is 2. The van der Waals surface area contributed by atoms with Crippen molar-refractivity contribution in [1.82, 2.24) is 15.5 Å². The molecule has 2 atom stereocenters. The van der Waals surface area contributed by atoms with Crippen molar-refractivity contribution < 1.29 is 14.7 Å². The number of nitrogens with zero attached hydrogens (tertiary/aromatic N) is 1. The van der Waals surface area contributed by atoms with E-state index in [0.717, 1.165) is 19.3 Å². The molecule has 2 unspecified atom stereocenters. The van der Waals surface area contributed by atoms with Gasteiger partial charge in [-0.3, -0.25) is 14.7 Å². The number of carboxylic acids is 1. The van der Waals surface area contributed by atoms with Crippen LogP contribution in [0.25, 0.3) is 0 Å². The van der Waals surface area contributed by atoms with Gasteiger partial charge in [0.05, 0.1) is 5.92 Å². The van der Waals surface area contributed by atoms with Crippen LogP contribution in [0.2, 0.25) is 0 Å². The van der Waals surface area contributed by atoms with Crippen molar-refractivity contribution in [3.63, 3.8) is 0 Å². The summed E-state index contributed by atoms with van der Waals surface area (Å²) in [5.74, 6) is -1.29. The number of carbonyl (C=O) groups excluding carboxylic acids is 1. The number of rotatable bonds is 4. The van der Waals surface area contributed by atoms with Gasteiger partial charge in [-0.2, -0.15) is 5.10 Å². The van der Waals surface area contributed by atoms with Crippen molar-refractivity contribution in [3.05, 3.63) is 18.0 Å². The van der Waals surface area contributed by atoms with E-state index in [-0.39, 0.29) is 17.7 Å². The minimum absolute atomic E-state index is 0.0307. The van der Waals surface area contributed by atoms with Gasteiger partial charge in [0.2, 0.25) is 0 Å². The first-order valence-electron chi connectivity index (χ1n) is 6.19. The fourth-order valence-corrected chi connectivity index (χ4v) is 2.48. The van der Waals surface area contributed by atoms with Crippen molar-refractivity contribution in [2.75, 3.05) is 6.54 Å². The molecule has 1 heterocycles. The first-order chi connectivity index (χ1) is 8.68. The van der Waals surface area contributed by atoms with Crippen LogP contribution in [-0.4, -0.2) is 33.7 Å². The molecule has 1 amide bonds. The Hall–Kier alpha value is -1.85. The van der Waals surface area contributed by atoms with Gasteiger partial charge in [-0.25, -0.2) is 0 Å². The van der Waals surface area contributed by atoms with Crippen LogP contribution in [0, 0.1) is 11.8 Å². The van der Waals surface area contributed by atoms with Gasteiger partial charge in [-0.15, -0.1) is 0 Å². The largest absolute Gasteiger partial charge is 0.481 e. The van der Waals surface area contributed by atoms with Crippen LogP contribution in [0.3, 0.4) is 0 Å². The number of aliphatic carboxylic acids is 1. The number of carbonyl (C=O) groups is 2. The SMILES string of the molecule is O=C(NCC1CCCCC1C(=O)O)c1ccn[nH]1. The lowest BCUT2D eigenvalue weighted by atomic mass is 9.79. The quantitative estimate of drug-likeness (QED) is 0.744. The molecule has 3 N–H and O–H groups in total. The van der Waals surface area contributed by atoms with E-state index in [1.54, 1.807) is 6.07 Å². The van der Waals surface area contributed by atoms with E-state index in [9.17, 15) is 9.59 Å². The van der Waals surface area contributed by atoms with Gasteiger partial charge in [0.15, 0.2) is 0 Å². The van der Waals surface area contributed by atoms with Gasteiger partial charge in [0, 0.05) is 12.7 Å². The molecule has 1 saturated carbocycles. The Morgan fingerprint density at radius 3 is 2.89 bits per heavy atom. The molecule has 6 nitrogen and oxygen atoms in total. The van der Waals surface area contributed by atoms with E-state index in [2.05, 4.69) is 15.5 Å². The molecular formula is C12H17N3O3. The maximum atomic E-state index is 11.7. The topological polar surface area (TPSA) is 95.1 Å². The summed E-state index contributed by atoms with van der Waals surface area (Å²) in [6, 6.07) is 1.59. The fourth-order valence-electron chi connectivity index (χ4n) is 2.48. The van der Waals surface area contributed by atoms with Crippen LogP contribution in [0.4, 0.5) is 0 Å². The lowest BCUT2D eigenvalue weighted by Crippen LogP contribution is -2.37. The molecule has 2 rings (SSSR count). The molecule has 1 fully saturated rings. The molecule has 18 heavy (non-hydrogen) atoms. The van der Waals surface area contributed by atoms with Crippen molar-refractivity contribution in [2.24, 2.45) is 11.8 Å². The summed E-state index contributed by atoms with van der Waals surface area (Å²) in [6.07, 6.45) is 5.08. The normalized spacial score (nSPS) is 23.6. The van der Waals surface area contributed by atoms with Crippen LogP contribution in [0.15, 0.2) is 12.3 Å². The second-order valence-corrected chi connectivity index (χ2v) is 4.67. The Balaban J connectivity index is 1.88. The lowest BCUT2D eigenvalue weighted by Gasteiger charge is -2.28. The van der Waals surface area contributed by atoms with E-state index in [1.165, 1.54) is 6.20 Å². The highest BCUT2D eigenvalue weighted by Gasteiger charge is 2.30. The smallest absolute Gasteiger partial charge is 0.306 e. The standard InChI is InChI=1S/C12H17N3O3/c16-11(10-5-6-14-15-10)13-7-8-3-1-2-4-9(8)12(17)18/h5-6,8-9H,1-4,7H2,(H,13,16)(H,14,15)(H,17,18). The van der Waals surface area contributed by atoms with E-state index in [0.29, 0.717) is 18.7 Å². The average Bonchev–Trinajstić information content (AvgIpc) is 2.90. The molecule has 0 aromatic carbocycles. The number of carboxylic acid groups (broad SMARTS) is 1. The number of amides is 1. The van der Waals surface area contributed by atoms with Crippen molar-refractivity contribution in [3.8, 4) is 0 Å². The highest BCUT2D eigenvalue weighted by Crippen LogP contribution is 2.29. The van der Waals surface area contributed by atoms with Crippen molar-refractivity contribution in [2.45, 2.75) is 25.7 Å². The Labute approximate surface area is 105 Å². The summed E-state index contributed by atoms with van der Waals surface area (Å²) in [7, 11) is 0. The molecule has 1 aromatic rings. The molecule has 0 spiro atoms. The molecule has 0 aliphatic heterocycles. The number of aromatic amines is 1. The number of nitrogens with one attached hydrogen (secondary N) is 2. The van der Waals surface area contributed by atoms with Gasteiger partial charge in [0.25, 0.3) is 5.91 Å². The monoisotopic (exact) mass is 251 g/mol. The summed E-state index contributed by atoms with van der Waals surface area (Å²) in [6.45, 7) is 0.412. The lowest BCUT2D eigenvalue weighted by molar-refractivity contribution is -0.144. The number of hydrogen-bond acceptors (Lipinski definition) is 3. The van der Waals surface area contributed by atoms with Gasteiger partial charge in [-0.1, -0.05) is 12.8 Å². The second-order valence-electron chi connectivity index (χ2n) is 4.67. The van der Waals surface area contributed by atoms with E-state index in [1.807, 2.05) is 0 Å². The second kappa shape index (κ2) is 5.66. The Morgan fingerprint density at radius 2 is 2.22 bits per heavy atom. The van der Waals surface area contributed by atoms with Crippen LogP contribution >= 0.6 is 0 Å². The maximum Gasteiger partial charge on any atom is 0.306 e. The maximum absolute atomic E-state index is 11.7. The van der Waals surface area contributed by atoms with Gasteiger partial charge >= 0.3 is 5.97 Å². The Kier molecular flexibility index (Phi) is 3.96. The van der Waals surface area contributed by atoms with Gasteiger partial charge in [-0.05, 0) is 24.8 Å². The molecular weight excluding hydrogens is 234 g/mol. The van der Waals surface area contributed by atoms with E-state index < -0.39 is 5.97 Å². The van der Waals surface area contributed by atoms with E-state index in [4.69, 9.17) is 5.11 Å². The fraction of sp³-hybridized carbons (Fsp3) is 0.583. The molecule has 0 bridgehead atoms. The number of hydrogen-bond donors (Lipinski definition) is 3. The third kappa shape index (κ3) is 2.88. The summed E-state index contributed by atoms with van der Waals surface area (Å²) in [4.78, 5) is 22.8. The first-order valence-corrected chi connectivity index (χ1v) is 6.19. The molecule has 6 heteroatoms. The highest BCUT2D eigenvalue weighted by molar-refractivity contribution is 5.92. The van der Waals surface area contributed by atoms with Crippen LogP contribution < -0.4 is 5.32 Å². The zero-order valence-electron chi connectivity index (χ0n) is 10.1. The minimum Gasteiger partial charge on any atom is -0.481 e. The van der Waals surface area contributed by atoms with Crippen molar-refractivity contribution >= 4 is 11.9 Å². The van der Waals surface area contributed by atoms with Gasteiger partial charge < -0.3 is 10.4 Å². The third-order valence-electron chi connectivity index (χ3n) is 3.50. The predicted octanol–water partition coefficient (Wildman–Crippen LogP) is 1.03. The Morgan fingerprint density at radius 1 is 1.44 bits per heavy atom. The average molecular weight is 251 g/mol. The highest BCUT2D eigenvalue weighted by atomic mass is 16.4. The summed E-state index contributed by atoms with van der Waals surface area (Å²) < 4.78 is 0. The first kappa shape index (κ1) is 12.6. The predicted molar refractivity (Wildman–Crippen MR) is 64.0 cm³/mol. The van der Waals surface area contributed by atoms with Gasteiger partial charge in [0.1, 0.15) is 5.69 Å². The van der Waals surface area contributed by atoms with E-state index >= 15 is 0 Å². The molecule has 98 valence electrons. The van der Waals surface area contributed by atoms with Crippen LogP contribution in [0.5, 0.6) is 0 Å². The zero-order valence-corrected chi connectivity index (χ0v) is 10.1. The third-order valence-corrected chi connectivity index (χ3v) is 3.50. The van der Waals surface area contributed by atoms with Crippen LogP contribution in [-0.2, 0) is 4.79 Å². The molecule has 1 aliphatic carbocycles. The molecule has 1 aromatic heterocycles. The summed E-state index contributed by atoms with van der Waals surface area (Å²) >= 11 is 0. The molecule has 0 radical (unpaired) electrons. The summed E-state index contributed by atoms with van der Waals surface area (Å²) in [5.41, 5.74) is 0.401.